The van der Waals surface area contributed by atoms with Gasteiger partial charge < -0.3 is 5.32 Å². The predicted octanol–water partition coefficient (Wildman–Crippen LogP) is 3.23. The van der Waals surface area contributed by atoms with Crippen LogP contribution in [0.25, 0.3) is 0 Å². The standard InChI is InChI=1S/C17H23N3OS/c1-3-14-10-6-7-12(2)16(14)18-17(22)20-19-15(21)11-13-8-4-5-9-13/h4,6-8,10,13H,3,5,9,11H2,1-2H3,(H,19,21)(H2,18,20,22)/t13-/m1/s1. The molecule has 1 aromatic rings. The maximum atomic E-state index is 11.9. The summed E-state index contributed by atoms with van der Waals surface area (Å²) >= 11 is 5.25. The third-order valence-electron chi connectivity index (χ3n) is 3.85. The Morgan fingerprint density at radius 2 is 2.18 bits per heavy atom. The lowest BCUT2D eigenvalue weighted by molar-refractivity contribution is -0.122. The molecule has 0 saturated carbocycles. The molecule has 0 fully saturated rings. The first-order valence-corrected chi connectivity index (χ1v) is 8.12. The second kappa shape index (κ2) is 7.94. The molecule has 118 valence electrons. The molecule has 0 saturated heterocycles. The molecule has 1 aliphatic carbocycles. The third-order valence-corrected chi connectivity index (χ3v) is 4.06. The van der Waals surface area contributed by atoms with Crippen molar-refractivity contribution in [1.29, 1.82) is 0 Å². The zero-order valence-electron chi connectivity index (χ0n) is 13.1. The van der Waals surface area contributed by atoms with E-state index in [-0.39, 0.29) is 5.91 Å². The van der Waals surface area contributed by atoms with Gasteiger partial charge in [-0.3, -0.25) is 15.6 Å². The van der Waals surface area contributed by atoms with Crippen LogP contribution in [-0.4, -0.2) is 11.0 Å². The zero-order chi connectivity index (χ0) is 15.9. The number of rotatable bonds is 4. The number of allylic oxidation sites excluding steroid dienone is 2. The van der Waals surface area contributed by atoms with E-state index in [1.54, 1.807) is 0 Å². The van der Waals surface area contributed by atoms with E-state index in [2.05, 4.69) is 41.3 Å². The van der Waals surface area contributed by atoms with Crippen molar-refractivity contribution in [2.24, 2.45) is 5.92 Å². The van der Waals surface area contributed by atoms with Crippen LogP contribution in [0.1, 0.15) is 37.3 Å². The van der Waals surface area contributed by atoms with Gasteiger partial charge >= 0.3 is 0 Å². The van der Waals surface area contributed by atoms with Gasteiger partial charge in [0.1, 0.15) is 0 Å². The highest BCUT2D eigenvalue weighted by Crippen LogP contribution is 2.21. The number of thiocarbonyl (C=S) groups is 1. The SMILES string of the molecule is CCc1cccc(C)c1NC(=S)NNC(=O)C[C@@H]1C=CCC1. The van der Waals surface area contributed by atoms with Gasteiger partial charge in [0.25, 0.3) is 0 Å². The molecule has 22 heavy (non-hydrogen) atoms. The molecule has 0 heterocycles. The smallest absolute Gasteiger partial charge is 0.238 e. The Bertz CT molecular complexity index is 583. The number of carbonyl (C=O) groups is 1. The maximum absolute atomic E-state index is 11.9. The summed E-state index contributed by atoms with van der Waals surface area (Å²) in [5.74, 6) is 0.313. The van der Waals surface area contributed by atoms with E-state index >= 15 is 0 Å². The second-order valence-corrected chi connectivity index (χ2v) is 5.97. The molecule has 3 N–H and O–H groups in total. The third kappa shape index (κ3) is 4.56. The first-order chi connectivity index (χ1) is 10.6. The molecule has 1 atom stereocenters. The monoisotopic (exact) mass is 317 g/mol. The highest BCUT2D eigenvalue weighted by Gasteiger charge is 2.14. The quantitative estimate of drug-likeness (QED) is 0.453. The first-order valence-electron chi connectivity index (χ1n) is 7.71. The van der Waals surface area contributed by atoms with Crippen LogP contribution in [0.4, 0.5) is 5.69 Å². The van der Waals surface area contributed by atoms with Crippen molar-refractivity contribution in [3.05, 3.63) is 41.5 Å². The molecule has 1 aromatic carbocycles. The number of anilines is 1. The fraction of sp³-hybridized carbons (Fsp3) is 0.412. The number of amides is 1. The molecule has 5 heteroatoms. The van der Waals surface area contributed by atoms with Crippen molar-refractivity contribution in [2.75, 3.05) is 5.32 Å². The lowest BCUT2D eigenvalue weighted by atomic mass is 10.1. The number of nitrogens with one attached hydrogen (secondary N) is 3. The molecule has 4 nitrogen and oxygen atoms in total. The normalized spacial score (nSPS) is 16.4. The molecule has 1 aliphatic rings. The van der Waals surface area contributed by atoms with Crippen LogP contribution < -0.4 is 16.2 Å². The lowest BCUT2D eigenvalue weighted by Gasteiger charge is -2.16. The van der Waals surface area contributed by atoms with Crippen molar-refractivity contribution in [3.8, 4) is 0 Å². The fourth-order valence-electron chi connectivity index (χ4n) is 2.63. The molecule has 2 rings (SSSR count). The highest BCUT2D eigenvalue weighted by molar-refractivity contribution is 7.80. The summed E-state index contributed by atoms with van der Waals surface area (Å²) in [5, 5.41) is 3.57. The Hall–Kier alpha value is -1.88. The van der Waals surface area contributed by atoms with Gasteiger partial charge in [-0.25, -0.2) is 0 Å². The van der Waals surface area contributed by atoms with E-state index in [0.29, 0.717) is 17.5 Å². The molecule has 0 aromatic heterocycles. The Balaban J connectivity index is 1.83. The van der Waals surface area contributed by atoms with Gasteiger partial charge in [0.05, 0.1) is 0 Å². The Morgan fingerprint density at radius 3 is 2.86 bits per heavy atom. The number of carbonyl (C=O) groups excluding carboxylic acids is 1. The number of hydrogen-bond acceptors (Lipinski definition) is 2. The molecule has 1 amide bonds. The molecule has 0 bridgehead atoms. The van der Waals surface area contributed by atoms with Crippen LogP contribution in [0.3, 0.4) is 0 Å². The van der Waals surface area contributed by atoms with Crippen LogP contribution in [0, 0.1) is 12.8 Å². The van der Waals surface area contributed by atoms with E-state index in [1.807, 2.05) is 19.1 Å². The van der Waals surface area contributed by atoms with Gasteiger partial charge in [-0.2, -0.15) is 0 Å². The van der Waals surface area contributed by atoms with Crippen LogP contribution >= 0.6 is 12.2 Å². The topological polar surface area (TPSA) is 53.2 Å². The summed E-state index contributed by atoms with van der Waals surface area (Å²) in [5.41, 5.74) is 8.78. The summed E-state index contributed by atoms with van der Waals surface area (Å²) in [4.78, 5) is 11.9. The summed E-state index contributed by atoms with van der Waals surface area (Å²) in [6, 6.07) is 6.14. The van der Waals surface area contributed by atoms with Crippen molar-refractivity contribution >= 4 is 28.9 Å². The van der Waals surface area contributed by atoms with Gasteiger partial charge in [0, 0.05) is 12.1 Å². The van der Waals surface area contributed by atoms with Gasteiger partial charge in [-0.05, 0) is 55.4 Å². The molecule has 0 radical (unpaired) electrons. The lowest BCUT2D eigenvalue weighted by Crippen LogP contribution is -2.44. The average molecular weight is 317 g/mol. The summed E-state index contributed by atoms with van der Waals surface area (Å²) in [6.07, 6.45) is 7.78. The molecule has 0 aliphatic heterocycles. The largest absolute Gasteiger partial charge is 0.331 e. The highest BCUT2D eigenvalue weighted by atomic mass is 32.1. The number of hydrogen-bond donors (Lipinski definition) is 3. The van der Waals surface area contributed by atoms with Crippen LogP contribution in [0.15, 0.2) is 30.4 Å². The summed E-state index contributed by atoms with van der Waals surface area (Å²) in [7, 11) is 0. The molecule has 0 unspecified atom stereocenters. The minimum absolute atomic E-state index is 0.0406. The minimum atomic E-state index is -0.0406. The van der Waals surface area contributed by atoms with E-state index in [0.717, 1.165) is 30.5 Å². The second-order valence-electron chi connectivity index (χ2n) is 5.56. The summed E-state index contributed by atoms with van der Waals surface area (Å²) in [6.45, 7) is 4.14. The van der Waals surface area contributed by atoms with Gasteiger partial charge in [-0.15, -0.1) is 0 Å². The van der Waals surface area contributed by atoms with Crippen LogP contribution in [-0.2, 0) is 11.2 Å². The Kier molecular flexibility index (Phi) is 5.95. The van der Waals surface area contributed by atoms with E-state index in [4.69, 9.17) is 12.2 Å². The molecule has 0 spiro atoms. The van der Waals surface area contributed by atoms with E-state index in [1.165, 1.54) is 5.56 Å². The van der Waals surface area contributed by atoms with Crippen molar-refractivity contribution in [1.82, 2.24) is 10.9 Å². The number of benzene rings is 1. The predicted molar refractivity (Wildman–Crippen MR) is 94.5 cm³/mol. The number of hydrazine groups is 1. The Morgan fingerprint density at radius 1 is 1.36 bits per heavy atom. The van der Waals surface area contributed by atoms with Gasteiger partial charge in [0.15, 0.2) is 5.11 Å². The van der Waals surface area contributed by atoms with Crippen molar-refractivity contribution in [2.45, 2.75) is 39.5 Å². The number of para-hydroxylation sites is 1. The van der Waals surface area contributed by atoms with Crippen LogP contribution in [0.2, 0.25) is 0 Å². The maximum Gasteiger partial charge on any atom is 0.238 e. The minimum Gasteiger partial charge on any atom is -0.331 e. The Labute approximate surface area is 137 Å². The summed E-state index contributed by atoms with van der Waals surface area (Å²) < 4.78 is 0. The van der Waals surface area contributed by atoms with E-state index in [9.17, 15) is 4.79 Å². The first kappa shape index (κ1) is 16.5. The van der Waals surface area contributed by atoms with Crippen molar-refractivity contribution in [3.63, 3.8) is 0 Å². The van der Waals surface area contributed by atoms with Crippen LogP contribution in [0.5, 0.6) is 0 Å². The number of aryl methyl sites for hydroxylation is 2. The molecular formula is C17H23N3OS. The van der Waals surface area contributed by atoms with Crippen molar-refractivity contribution < 1.29 is 4.79 Å². The fourth-order valence-corrected chi connectivity index (χ4v) is 2.78. The van der Waals surface area contributed by atoms with Gasteiger partial charge in [-0.1, -0.05) is 37.3 Å². The molecular weight excluding hydrogens is 294 g/mol. The zero-order valence-corrected chi connectivity index (χ0v) is 13.9. The van der Waals surface area contributed by atoms with Gasteiger partial charge in [0.2, 0.25) is 5.91 Å². The van der Waals surface area contributed by atoms with E-state index < -0.39 is 0 Å². The average Bonchev–Trinajstić information content (AvgIpc) is 3.00.